The number of anilines is 1. The molecule has 1 aromatic carbocycles. The highest BCUT2D eigenvalue weighted by molar-refractivity contribution is 9.10. The second-order valence-electron chi connectivity index (χ2n) is 3.98. The maximum absolute atomic E-state index is 12.0. The SMILES string of the molecule is O=C(Nc1cnc2ccccc2c1)c1ccoc1Br. The molecule has 0 saturated heterocycles. The van der Waals surface area contributed by atoms with Gasteiger partial charge in [0, 0.05) is 5.39 Å². The molecule has 0 aliphatic rings. The van der Waals surface area contributed by atoms with Crippen LogP contribution in [0, 0.1) is 0 Å². The van der Waals surface area contributed by atoms with Crippen molar-refractivity contribution in [3.8, 4) is 0 Å². The molecule has 1 N–H and O–H groups in total. The summed E-state index contributed by atoms with van der Waals surface area (Å²) in [4.78, 5) is 16.3. The van der Waals surface area contributed by atoms with Gasteiger partial charge < -0.3 is 9.73 Å². The molecule has 5 heteroatoms. The summed E-state index contributed by atoms with van der Waals surface area (Å²) in [5, 5.41) is 3.76. The van der Waals surface area contributed by atoms with E-state index in [-0.39, 0.29) is 5.91 Å². The first kappa shape index (κ1) is 11.9. The molecule has 0 bridgehead atoms. The molecule has 0 atom stereocenters. The number of nitrogens with one attached hydrogen (secondary N) is 1. The van der Waals surface area contributed by atoms with E-state index >= 15 is 0 Å². The molecule has 0 spiro atoms. The lowest BCUT2D eigenvalue weighted by molar-refractivity contribution is 0.102. The Morgan fingerprint density at radius 3 is 2.89 bits per heavy atom. The van der Waals surface area contributed by atoms with Crippen molar-refractivity contribution in [3.05, 3.63) is 59.1 Å². The van der Waals surface area contributed by atoms with Gasteiger partial charge in [0.2, 0.25) is 0 Å². The van der Waals surface area contributed by atoms with Crippen LogP contribution in [0.3, 0.4) is 0 Å². The van der Waals surface area contributed by atoms with Crippen LogP contribution in [0.5, 0.6) is 0 Å². The Hall–Kier alpha value is -2.14. The summed E-state index contributed by atoms with van der Waals surface area (Å²) in [7, 11) is 0. The summed E-state index contributed by atoms with van der Waals surface area (Å²) in [6.45, 7) is 0. The standard InChI is InChI=1S/C14H9BrN2O2/c15-13-11(5-6-19-13)14(18)17-10-7-9-3-1-2-4-12(9)16-8-10/h1-8H,(H,17,18). The minimum atomic E-state index is -0.238. The number of hydrogen-bond acceptors (Lipinski definition) is 3. The molecule has 2 heterocycles. The summed E-state index contributed by atoms with van der Waals surface area (Å²) in [5.41, 5.74) is 2.00. The number of carbonyl (C=O) groups is 1. The van der Waals surface area contributed by atoms with E-state index in [1.54, 1.807) is 12.3 Å². The number of pyridine rings is 1. The predicted molar refractivity (Wildman–Crippen MR) is 76.1 cm³/mol. The quantitative estimate of drug-likeness (QED) is 0.781. The number of nitrogens with zero attached hydrogens (tertiary/aromatic N) is 1. The van der Waals surface area contributed by atoms with Crippen molar-refractivity contribution in [3.63, 3.8) is 0 Å². The molecule has 3 rings (SSSR count). The molecule has 0 aliphatic carbocycles. The van der Waals surface area contributed by atoms with Crippen molar-refractivity contribution >= 4 is 38.4 Å². The van der Waals surface area contributed by atoms with Crippen LogP contribution >= 0.6 is 15.9 Å². The number of furan rings is 1. The molecule has 4 nitrogen and oxygen atoms in total. The molecule has 19 heavy (non-hydrogen) atoms. The number of rotatable bonds is 2. The Morgan fingerprint density at radius 2 is 2.11 bits per heavy atom. The normalized spacial score (nSPS) is 10.6. The lowest BCUT2D eigenvalue weighted by Gasteiger charge is -2.05. The Bertz CT molecular complexity index is 752. The van der Waals surface area contributed by atoms with Gasteiger partial charge in [-0.3, -0.25) is 9.78 Å². The van der Waals surface area contributed by atoms with Crippen molar-refractivity contribution in [2.75, 3.05) is 5.32 Å². The minimum Gasteiger partial charge on any atom is -0.457 e. The van der Waals surface area contributed by atoms with E-state index < -0.39 is 0 Å². The van der Waals surface area contributed by atoms with E-state index in [0.29, 0.717) is 15.9 Å². The van der Waals surface area contributed by atoms with E-state index in [4.69, 9.17) is 4.42 Å². The molecular weight excluding hydrogens is 308 g/mol. The molecule has 0 radical (unpaired) electrons. The summed E-state index contributed by atoms with van der Waals surface area (Å²) < 4.78 is 5.45. The van der Waals surface area contributed by atoms with Crippen LogP contribution in [0.25, 0.3) is 10.9 Å². The molecule has 94 valence electrons. The topological polar surface area (TPSA) is 55.1 Å². The average Bonchev–Trinajstić information content (AvgIpc) is 2.85. The van der Waals surface area contributed by atoms with Gasteiger partial charge in [0.1, 0.15) is 0 Å². The van der Waals surface area contributed by atoms with Crippen molar-refractivity contribution in [2.24, 2.45) is 0 Å². The fourth-order valence-electron chi connectivity index (χ4n) is 1.79. The second kappa shape index (κ2) is 4.85. The molecule has 1 amide bonds. The monoisotopic (exact) mass is 316 g/mol. The fraction of sp³-hybridized carbons (Fsp3) is 0. The summed E-state index contributed by atoms with van der Waals surface area (Å²) >= 11 is 3.18. The first-order chi connectivity index (χ1) is 9.24. The van der Waals surface area contributed by atoms with Gasteiger partial charge >= 0.3 is 0 Å². The van der Waals surface area contributed by atoms with Crippen molar-refractivity contribution < 1.29 is 9.21 Å². The van der Waals surface area contributed by atoms with Crippen LogP contribution in [0.2, 0.25) is 0 Å². The highest BCUT2D eigenvalue weighted by atomic mass is 79.9. The first-order valence-electron chi connectivity index (χ1n) is 5.63. The largest absolute Gasteiger partial charge is 0.457 e. The number of amides is 1. The van der Waals surface area contributed by atoms with Crippen LogP contribution in [-0.4, -0.2) is 10.9 Å². The minimum absolute atomic E-state index is 0.238. The smallest absolute Gasteiger partial charge is 0.260 e. The summed E-state index contributed by atoms with van der Waals surface area (Å²) in [6, 6.07) is 11.2. The highest BCUT2D eigenvalue weighted by Gasteiger charge is 2.12. The number of carbonyl (C=O) groups excluding carboxylic acids is 1. The van der Waals surface area contributed by atoms with Gasteiger partial charge in [-0.2, -0.15) is 0 Å². The zero-order valence-corrected chi connectivity index (χ0v) is 11.3. The van der Waals surface area contributed by atoms with Gasteiger partial charge in [-0.15, -0.1) is 0 Å². The van der Waals surface area contributed by atoms with Crippen molar-refractivity contribution in [1.82, 2.24) is 4.98 Å². The van der Waals surface area contributed by atoms with Crippen LogP contribution in [0.4, 0.5) is 5.69 Å². The van der Waals surface area contributed by atoms with Crippen molar-refractivity contribution in [1.29, 1.82) is 0 Å². The Balaban J connectivity index is 1.89. The van der Waals surface area contributed by atoms with E-state index in [1.165, 1.54) is 6.26 Å². The third-order valence-electron chi connectivity index (χ3n) is 2.71. The van der Waals surface area contributed by atoms with Crippen molar-refractivity contribution in [2.45, 2.75) is 0 Å². The Kier molecular flexibility index (Phi) is 3.05. The Morgan fingerprint density at radius 1 is 1.26 bits per heavy atom. The zero-order chi connectivity index (χ0) is 13.2. The van der Waals surface area contributed by atoms with Gasteiger partial charge in [-0.1, -0.05) is 18.2 Å². The number of hydrogen-bond donors (Lipinski definition) is 1. The van der Waals surface area contributed by atoms with Crippen LogP contribution in [0.15, 0.2) is 57.9 Å². The number of benzene rings is 1. The lowest BCUT2D eigenvalue weighted by Crippen LogP contribution is -2.11. The summed E-state index contributed by atoms with van der Waals surface area (Å²) in [6.07, 6.45) is 3.09. The van der Waals surface area contributed by atoms with E-state index in [1.807, 2.05) is 30.3 Å². The van der Waals surface area contributed by atoms with Crippen LogP contribution in [0.1, 0.15) is 10.4 Å². The Labute approximate surface area is 117 Å². The molecule has 2 aromatic heterocycles. The van der Waals surface area contributed by atoms with Gasteiger partial charge in [-0.25, -0.2) is 0 Å². The molecule has 0 saturated carbocycles. The fourth-order valence-corrected chi connectivity index (χ4v) is 2.21. The van der Waals surface area contributed by atoms with Gasteiger partial charge in [0.25, 0.3) is 5.91 Å². The predicted octanol–water partition coefficient (Wildman–Crippen LogP) is 3.84. The number of fused-ring (bicyclic) bond motifs is 1. The molecule has 0 aliphatic heterocycles. The first-order valence-corrected chi connectivity index (χ1v) is 6.42. The van der Waals surface area contributed by atoms with E-state index in [0.717, 1.165) is 10.9 Å². The van der Waals surface area contributed by atoms with Gasteiger partial charge in [0.05, 0.1) is 29.2 Å². The number of para-hydroxylation sites is 1. The second-order valence-corrected chi connectivity index (χ2v) is 4.70. The highest BCUT2D eigenvalue weighted by Crippen LogP contribution is 2.20. The zero-order valence-electron chi connectivity index (χ0n) is 9.76. The maximum atomic E-state index is 12.0. The molecule has 3 aromatic rings. The lowest BCUT2D eigenvalue weighted by atomic mass is 10.2. The summed E-state index contributed by atoms with van der Waals surface area (Å²) in [5.74, 6) is -0.238. The van der Waals surface area contributed by atoms with E-state index in [2.05, 4.69) is 26.2 Å². The van der Waals surface area contributed by atoms with Gasteiger partial charge in [0.15, 0.2) is 4.67 Å². The third kappa shape index (κ3) is 2.37. The number of halogens is 1. The van der Waals surface area contributed by atoms with Crippen LogP contribution < -0.4 is 5.32 Å². The molecular formula is C14H9BrN2O2. The molecule has 0 fully saturated rings. The van der Waals surface area contributed by atoms with E-state index in [9.17, 15) is 4.79 Å². The number of aromatic nitrogens is 1. The van der Waals surface area contributed by atoms with Crippen LogP contribution in [-0.2, 0) is 0 Å². The molecule has 0 unspecified atom stereocenters. The van der Waals surface area contributed by atoms with Gasteiger partial charge in [-0.05, 0) is 34.1 Å². The third-order valence-corrected chi connectivity index (χ3v) is 3.33. The average molecular weight is 317 g/mol. The maximum Gasteiger partial charge on any atom is 0.260 e.